The maximum absolute atomic E-state index is 12.4. The SMILES string of the molecule is Cc1ccccc1-c1noc([C@H](C)NC(=O)CN(C)C2CCNCC2)n1. The van der Waals surface area contributed by atoms with E-state index in [2.05, 4.69) is 25.7 Å². The molecule has 2 aromatic rings. The molecule has 0 bridgehead atoms. The van der Waals surface area contributed by atoms with Crippen molar-refractivity contribution in [3.05, 3.63) is 35.7 Å². The van der Waals surface area contributed by atoms with E-state index in [0.29, 0.717) is 24.3 Å². The molecular weight excluding hydrogens is 330 g/mol. The maximum Gasteiger partial charge on any atom is 0.249 e. The van der Waals surface area contributed by atoms with Crippen molar-refractivity contribution >= 4 is 5.91 Å². The number of nitrogens with one attached hydrogen (secondary N) is 2. The number of nitrogens with zero attached hydrogens (tertiary/aromatic N) is 3. The van der Waals surface area contributed by atoms with Crippen molar-refractivity contribution in [2.24, 2.45) is 0 Å². The number of piperidine rings is 1. The van der Waals surface area contributed by atoms with Crippen LogP contribution in [0.3, 0.4) is 0 Å². The normalized spacial score (nSPS) is 16.6. The van der Waals surface area contributed by atoms with E-state index in [-0.39, 0.29) is 11.9 Å². The van der Waals surface area contributed by atoms with Crippen LogP contribution in [0.1, 0.15) is 37.3 Å². The lowest BCUT2D eigenvalue weighted by Gasteiger charge is -2.31. The molecule has 1 atom stereocenters. The largest absolute Gasteiger partial charge is 0.343 e. The Hall–Kier alpha value is -2.25. The van der Waals surface area contributed by atoms with Gasteiger partial charge in [0.15, 0.2) is 0 Å². The van der Waals surface area contributed by atoms with Gasteiger partial charge in [-0.15, -0.1) is 0 Å². The molecule has 1 aliphatic heterocycles. The minimum absolute atomic E-state index is 0.0332. The molecule has 26 heavy (non-hydrogen) atoms. The third-order valence-corrected chi connectivity index (χ3v) is 4.90. The number of carbonyl (C=O) groups excluding carboxylic acids is 1. The molecule has 0 spiro atoms. The Morgan fingerprint density at radius 1 is 1.38 bits per heavy atom. The minimum Gasteiger partial charge on any atom is -0.343 e. The Kier molecular flexibility index (Phi) is 6.00. The quantitative estimate of drug-likeness (QED) is 0.822. The molecule has 0 unspecified atom stereocenters. The van der Waals surface area contributed by atoms with Gasteiger partial charge < -0.3 is 15.2 Å². The molecule has 0 radical (unpaired) electrons. The Morgan fingerprint density at radius 3 is 2.85 bits per heavy atom. The number of likely N-dealkylation sites (N-methyl/N-ethyl adjacent to an activating group) is 1. The zero-order valence-electron chi connectivity index (χ0n) is 15.7. The highest BCUT2D eigenvalue weighted by molar-refractivity contribution is 5.78. The smallest absolute Gasteiger partial charge is 0.249 e. The van der Waals surface area contributed by atoms with Gasteiger partial charge >= 0.3 is 0 Å². The van der Waals surface area contributed by atoms with Crippen LogP contribution in [0.15, 0.2) is 28.8 Å². The first-order chi connectivity index (χ1) is 12.5. The highest BCUT2D eigenvalue weighted by atomic mass is 16.5. The summed E-state index contributed by atoms with van der Waals surface area (Å²) < 4.78 is 5.36. The average Bonchev–Trinajstić information content (AvgIpc) is 3.12. The number of rotatable bonds is 6. The number of amides is 1. The van der Waals surface area contributed by atoms with Crippen LogP contribution in [0, 0.1) is 6.92 Å². The standard InChI is InChI=1S/C19H27N5O2/c1-13-6-4-5-7-16(13)18-22-19(26-23-18)14(2)21-17(25)12-24(3)15-8-10-20-11-9-15/h4-7,14-15,20H,8-12H2,1-3H3,(H,21,25)/t14-/m0/s1. The summed E-state index contributed by atoms with van der Waals surface area (Å²) in [5.41, 5.74) is 2.02. The summed E-state index contributed by atoms with van der Waals surface area (Å²) in [6.07, 6.45) is 2.14. The van der Waals surface area contributed by atoms with Crippen molar-refractivity contribution < 1.29 is 9.32 Å². The molecule has 2 heterocycles. The molecule has 3 rings (SSSR count). The van der Waals surface area contributed by atoms with Gasteiger partial charge in [0.25, 0.3) is 0 Å². The van der Waals surface area contributed by atoms with Crippen molar-refractivity contribution in [2.75, 3.05) is 26.7 Å². The van der Waals surface area contributed by atoms with Gasteiger partial charge in [-0.05, 0) is 52.4 Å². The van der Waals surface area contributed by atoms with E-state index in [1.165, 1.54) is 0 Å². The summed E-state index contributed by atoms with van der Waals surface area (Å²) in [6, 6.07) is 8.01. The van der Waals surface area contributed by atoms with E-state index >= 15 is 0 Å². The van der Waals surface area contributed by atoms with E-state index < -0.39 is 0 Å². The lowest BCUT2D eigenvalue weighted by atomic mass is 10.1. The first-order valence-electron chi connectivity index (χ1n) is 9.14. The highest BCUT2D eigenvalue weighted by Crippen LogP contribution is 2.21. The van der Waals surface area contributed by atoms with E-state index in [1.807, 2.05) is 45.2 Å². The van der Waals surface area contributed by atoms with Gasteiger partial charge in [-0.2, -0.15) is 4.98 Å². The summed E-state index contributed by atoms with van der Waals surface area (Å²) in [6.45, 7) is 6.26. The number of hydrogen-bond acceptors (Lipinski definition) is 6. The Morgan fingerprint density at radius 2 is 2.12 bits per heavy atom. The minimum atomic E-state index is -0.325. The molecule has 7 nitrogen and oxygen atoms in total. The molecule has 0 saturated carbocycles. The van der Waals surface area contributed by atoms with Crippen molar-refractivity contribution in [1.29, 1.82) is 0 Å². The zero-order chi connectivity index (χ0) is 18.5. The fraction of sp³-hybridized carbons (Fsp3) is 0.526. The lowest BCUT2D eigenvalue weighted by Crippen LogP contribution is -2.45. The topological polar surface area (TPSA) is 83.3 Å². The number of aryl methyl sites for hydroxylation is 1. The van der Waals surface area contributed by atoms with Crippen LogP contribution in [-0.2, 0) is 4.79 Å². The van der Waals surface area contributed by atoms with Crippen LogP contribution >= 0.6 is 0 Å². The molecule has 1 aromatic carbocycles. The van der Waals surface area contributed by atoms with Crippen molar-refractivity contribution in [3.8, 4) is 11.4 Å². The zero-order valence-corrected chi connectivity index (χ0v) is 15.7. The molecule has 7 heteroatoms. The fourth-order valence-electron chi connectivity index (χ4n) is 3.30. The van der Waals surface area contributed by atoms with Crippen LogP contribution in [0.25, 0.3) is 11.4 Å². The first kappa shape index (κ1) is 18.5. The van der Waals surface area contributed by atoms with Crippen molar-refractivity contribution in [2.45, 2.75) is 38.8 Å². The van der Waals surface area contributed by atoms with Crippen LogP contribution in [0.2, 0.25) is 0 Å². The molecule has 1 aliphatic rings. The molecule has 1 saturated heterocycles. The van der Waals surface area contributed by atoms with Crippen LogP contribution in [0.4, 0.5) is 0 Å². The van der Waals surface area contributed by atoms with E-state index in [4.69, 9.17) is 4.52 Å². The first-order valence-corrected chi connectivity index (χ1v) is 9.14. The molecule has 2 N–H and O–H groups in total. The summed E-state index contributed by atoms with van der Waals surface area (Å²) in [5.74, 6) is 0.932. The fourth-order valence-corrected chi connectivity index (χ4v) is 3.30. The van der Waals surface area contributed by atoms with Gasteiger partial charge in [-0.3, -0.25) is 9.69 Å². The van der Waals surface area contributed by atoms with E-state index in [9.17, 15) is 4.79 Å². The molecule has 0 aliphatic carbocycles. The number of carbonyl (C=O) groups is 1. The van der Waals surface area contributed by atoms with Gasteiger partial charge in [0.05, 0.1) is 6.54 Å². The molecule has 1 amide bonds. The van der Waals surface area contributed by atoms with Crippen LogP contribution in [-0.4, -0.2) is 53.7 Å². The molecule has 1 fully saturated rings. The summed E-state index contributed by atoms with van der Waals surface area (Å²) in [5, 5.41) is 10.3. The second-order valence-corrected chi connectivity index (χ2v) is 6.96. The Balaban J connectivity index is 1.57. The maximum atomic E-state index is 12.4. The average molecular weight is 357 g/mol. The second-order valence-electron chi connectivity index (χ2n) is 6.96. The van der Waals surface area contributed by atoms with Gasteiger partial charge in [0, 0.05) is 11.6 Å². The summed E-state index contributed by atoms with van der Waals surface area (Å²) in [4.78, 5) is 18.9. The molecular formula is C19H27N5O2. The lowest BCUT2D eigenvalue weighted by molar-refractivity contribution is -0.123. The summed E-state index contributed by atoms with van der Waals surface area (Å²) in [7, 11) is 2.00. The molecule has 140 valence electrons. The third-order valence-electron chi connectivity index (χ3n) is 4.90. The Labute approximate surface area is 154 Å². The van der Waals surface area contributed by atoms with Crippen LogP contribution < -0.4 is 10.6 Å². The van der Waals surface area contributed by atoms with Crippen LogP contribution in [0.5, 0.6) is 0 Å². The highest BCUT2D eigenvalue weighted by Gasteiger charge is 2.22. The summed E-state index contributed by atoms with van der Waals surface area (Å²) >= 11 is 0. The number of aromatic nitrogens is 2. The monoisotopic (exact) mass is 357 g/mol. The van der Waals surface area contributed by atoms with Gasteiger partial charge in [-0.1, -0.05) is 29.4 Å². The van der Waals surface area contributed by atoms with Gasteiger partial charge in [0.2, 0.25) is 17.6 Å². The van der Waals surface area contributed by atoms with Gasteiger partial charge in [0.1, 0.15) is 6.04 Å². The number of benzene rings is 1. The Bertz CT molecular complexity index is 739. The van der Waals surface area contributed by atoms with Gasteiger partial charge in [-0.25, -0.2) is 0 Å². The predicted octanol–water partition coefficient (Wildman–Crippen LogP) is 1.91. The third kappa shape index (κ3) is 4.47. The molecule has 1 aromatic heterocycles. The number of hydrogen-bond donors (Lipinski definition) is 2. The predicted molar refractivity (Wildman–Crippen MR) is 99.6 cm³/mol. The van der Waals surface area contributed by atoms with Crippen molar-refractivity contribution in [1.82, 2.24) is 25.7 Å². The van der Waals surface area contributed by atoms with Crippen molar-refractivity contribution in [3.63, 3.8) is 0 Å². The second kappa shape index (κ2) is 8.42. The van der Waals surface area contributed by atoms with E-state index in [0.717, 1.165) is 37.1 Å². The van der Waals surface area contributed by atoms with E-state index in [1.54, 1.807) is 0 Å².